The topological polar surface area (TPSA) is 47.6 Å². The third kappa shape index (κ3) is 1.50. The van der Waals surface area contributed by atoms with Gasteiger partial charge in [-0.2, -0.15) is 10.5 Å². The van der Waals surface area contributed by atoms with Crippen LogP contribution in [0, 0.1) is 22.7 Å². The summed E-state index contributed by atoms with van der Waals surface area (Å²) in [4.78, 5) is 0. The van der Waals surface area contributed by atoms with E-state index < -0.39 is 0 Å². The van der Waals surface area contributed by atoms with E-state index >= 15 is 0 Å². The Morgan fingerprint density at radius 3 is 1.78 bits per heavy atom. The average Bonchev–Trinajstić information content (AvgIpc) is 2.94. The van der Waals surface area contributed by atoms with Crippen LogP contribution in [-0.4, -0.2) is 0 Å². The largest absolute Gasteiger partial charge is 0.192 e. The van der Waals surface area contributed by atoms with Gasteiger partial charge in [0.25, 0.3) is 0 Å². The molecule has 0 aliphatic heterocycles. The van der Waals surface area contributed by atoms with Crippen molar-refractivity contribution < 1.29 is 0 Å². The Hall–Kier alpha value is -1.36. The zero-order valence-corrected chi connectivity index (χ0v) is 12.4. The van der Waals surface area contributed by atoms with Crippen LogP contribution in [0.3, 0.4) is 0 Å². The molecule has 0 aromatic rings. The molecule has 86 valence electrons. The van der Waals surface area contributed by atoms with Crippen molar-refractivity contribution in [3.63, 3.8) is 0 Å². The summed E-state index contributed by atoms with van der Waals surface area (Å²) in [5, 5.41) is 18.2. The smallest absolute Gasteiger partial charge is 0.138 e. The molecule has 0 amide bonds. The molecule has 0 heterocycles. The van der Waals surface area contributed by atoms with Crippen LogP contribution in [0.25, 0.3) is 0 Å². The lowest BCUT2D eigenvalue weighted by atomic mass is 9.98. The van der Waals surface area contributed by atoms with Crippen molar-refractivity contribution in [1.82, 2.24) is 0 Å². The Kier molecular flexibility index (Phi) is 2.66. The van der Waals surface area contributed by atoms with Crippen molar-refractivity contribution in [3.05, 3.63) is 54.6 Å². The summed E-state index contributed by atoms with van der Waals surface area (Å²) in [7, 11) is 0. The molecular weight excluding hydrogens is 356 g/mol. The Bertz CT molecular complexity index is 656. The van der Waals surface area contributed by atoms with Gasteiger partial charge in [0.1, 0.15) is 17.7 Å². The maximum atomic E-state index is 9.12. The van der Waals surface area contributed by atoms with E-state index in [9.17, 15) is 0 Å². The maximum absolute atomic E-state index is 9.12. The first-order valence-corrected chi connectivity index (χ1v) is 6.98. The Labute approximate surface area is 122 Å². The number of hydrogen-bond acceptors (Lipinski definition) is 2. The molecule has 0 saturated heterocycles. The fourth-order valence-corrected chi connectivity index (χ4v) is 3.67. The van der Waals surface area contributed by atoms with Crippen LogP contribution in [0.4, 0.5) is 0 Å². The van der Waals surface area contributed by atoms with Crippen molar-refractivity contribution in [2.75, 3.05) is 0 Å². The van der Waals surface area contributed by atoms with Gasteiger partial charge in [0.2, 0.25) is 0 Å². The van der Waals surface area contributed by atoms with Crippen molar-refractivity contribution in [2.24, 2.45) is 0 Å². The summed E-state index contributed by atoms with van der Waals surface area (Å²) in [6, 6.07) is 4.02. The average molecular weight is 362 g/mol. The van der Waals surface area contributed by atoms with Crippen LogP contribution < -0.4 is 0 Å². The molecule has 3 aliphatic rings. The van der Waals surface area contributed by atoms with E-state index in [0.29, 0.717) is 0 Å². The van der Waals surface area contributed by atoms with Crippen molar-refractivity contribution in [3.8, 4) is 12.1 Å². The predicted octanol–water partition coefficient (Wildman–Crippen LogP) is 4.30. The molecule has 0 unspecified atom stereocenters. The first-order chi connectivity index (χ1) is 8.65. The molecular formula is C14H6Br2N2. The highest BCUT2D eigenvalue weighted by atomic mass is 79.9. The van der Waals surface area contributed by atoms with E-state index in [0.717, 1.165) is 38.5 Å². The molecule has 4 heteroatoms. The minimum Gasteiger partial charge on any atom is -0.192 e. The van der Waals surface area contributed by atoms with Gasteiger partial charge >= 0.3 is 0 Å². The number of hydrogen-bond donors (Lipinski definition) is 0. The zero-order valence-electron chi connectivity index (χ0n) is 9.22. The van der Waals surface area contributed by atoms with Gasteiger partial charge in [-0.15, -0.1) is 0 Å². The summed E-state index contributed by atoms with van der Waals surface area (Å²) in [5.74, 6) is 0. The molecule has 18 heavy (non-hydrogen) atoms. The van der Waals surface area contributed by atoms with Gasteiger partial charge in [0, 0.05) is 27.4 Å². The van der Waals surface area contributed by atoms with Crippen LogP contribution in [0.15, 0.2) is 54.6 Å². The van der Waals surface area contributed by atoms with Crippen LogP contribution in [0.1, 0.15) is 12.8 Å². The molecule has 0 radical (unpaired) electrons. The molecule has 0 N–H and O–H groups in total. The minimum atomic E-state index is 0.199. The summed E-state index contributed by atoms with van der Waals surface area (Å²) in [6.07, 6.45) is 5.77. The third-order valence-electron chi connectivity index (χ3n) is 3.32. The normalized spacial score (nSPS) is 20.3. The fraction of sp³-hybridized carbons (Fsp3) is 0.143. The second-order valence-corrected chi connectivity index (χ2v) is 6.33. The molecule has 2 nitrogen and oxygen atoms in total. The van der Waals surface area contributed by atoms with Crippen LogP contribution in [-0.2, 0) is 0 Å². The van der Waals surface area contributed by atoms with Gasteiger partial charge in [0.05, 0.1) is 0 Å². The van der Waals surface area contributed by atoms with E-state index in [2.05, 4.69) is 31.9 Å². The van der Waals surface area contributed by atoms with Gasteiger partial charge in [-0.3, -0.25) is 0 Å². The zero-order chi connectivity index (χ0) is 12.9. The van der Waals surface area contributed by atoms with Crippen molar-refractivity contribution >= 4 is 31.9 Å². The lowest BCUT2D eigenvalue weighted by Gasteiger charge is -2.03. The maximum Gasteiger partial charge on any atom is 0.138 e. The number of rotatable bonds is 0. The molecule has 3 rings (SSSR count). The first kappa shape index (κ1) is 11.7. The van der Waals surface area contributed by atoms with E-state index in [1.807, 2.05) is 24.3 Å². The van der Waals surface area contributed by atoms with E-state index in [1.54, 1.807) is 0 Å². The second-order valence-electron chi connectivity index (χ2n) is 4.29. The van der Waals surface area contributed by atoms with Crippen molar-refractivity contribution in [2.45, 2.75) is 12.8 Å². The molecule has 0 fully saturated rings. The number of nitriles is 2. The molecule has 3 aliphatic carbocycles. The predicted molar refractivity (Wildman–Crippen MR) is 75.6 cm³/mol. The highest BCUT2D eigenvalue weighted by Gasteiger charge is 2.35. The second kappa shape index (κ2) is 4.09. The van der Waals surface area contributed by atoms with Gasteiger partial charge in [-0.05, 0) is 34.4 Å². The molecule has 0 saturated carbocycles. The van der Waals surface area contributed by atoms with Crippen LogP contribution in [0.5, 0.6) is 0 Å². The molecule has 0 atom stereocenters. The summed E-state index contributed by atoms with van der Waals surface area (Å²) >= 11 is 7.01. The van der Waals surface area contributed by atoms with Crippen LogP contribution >= 0.6 is 31.9 Å². The number of allylic oxidation sites excluding steroid dienone is 10. The minimum absolute atomic E-state index is 0.199. The Morgan fingerprint density at radius 2 is 1.39 bits per heavy atom. The lowest BCUT2D eigenvalue weighted by Crippen LogP contribution is -1.90. The molecule has 0 bridgehead atoms. The monoisotopic (exact) mass is 360 g/mol. The van der Waals surface area contributed by atoms with E-state index in [-0.39, 0.29) is 5.57 Å². The molecule has 0 aromatic heterocycles. The summed E-state index contributed by atoms with van der Waals surface area (Å²) in [6.45, 7) is 0. The summed E-state index contributed by atoms with van der Waals surface area (Å²) in [5.41, 5.74) is 5.59. The third-order valence-corrected chi connectivity index (χ3v) is 4.34. The Morgan fingerprint density at radius 1 is 0.944 bits per heavy atom. The number of nitrogens with zero attached hydrogens (tertiary/aromatic N) is 2. The molecule has 0 aromatic carbocycles. The van der Waals surface area contributed by atoms with Crippen molar-refractivity contribution in [1.29, 1.82) is 10.5 Å². The SMILES string of the molecule is N#CC(C#N)=C1C2=C(CC(Br)=C2)C2=C1C=C(Br)C2. The Balaban J connectivity index is 2.26. The number of fused-ring (bicyclic) bond motifs is 1. The van der Waals surface area contributed by atoms with Gasteiger partial charge in [-0.1, -0.05) is 31.9 Å². The summed E-state index contributed by atoms with van der Waals surface area (Å²) < 4.78 is 2.21. The van der Waals surface area contributed by atoms with Gasteiger partial charge < -0.3 is 0 Å². The van der Waals surface area contributed by atoms with E-state index in [1.165, 1.54) is 11.1 Å². The van der Waals surface area contributed by atoms with Gasteiger partial charge in [0.15, 0.2) is 0 Å². The fourth-order valence-electron chi connectivity index (χ4n) is 2.65. The van der Waals surface area contributed by atoms with Gasteiger partial charge in [-0.25, -0.2) is 0 Å². The molecule has 0 spiro atoms. The quantitative estimate of drug-likeness (QED) is 0.604. The highest BCUT2D eigenvalue weighted by molar-refractivity contribution is 9.12. The van der Waals surface area contributed by atoms with E-state index in [4.69, 9.17) is 10.5 Å². The number of halogens is 2. The lowest BCUT2D eigenvalue weighted by molar-refractivity contribution is 1.17. The first-order valence-electron chi connectivity index (χ1n) is 5.39. The standard InChI is InChI=1S/C14H6Br2N2/c15-8-1-10-11-2-9(16)4-13(11)14(12(10)3-8)7(5-17)6-18/h3-4H,1-2H2. The van der Waals surface area contributed by atoms with Crippen LogP contribution in [0.2, 0.25) is 0 Å². The highest BCUT2D eigenvalue weighted by Crippen LogP contribution is 2.52.